The van der Waals surface area contributed by atoms with E-state index in [9.17, 15) is 37.6 Å². The van der Waals surface area contributed by atoms with Crippen molar-refractivity contribution in [1.29, 1.82) is 5.26 Å². The molecule has 1 aliphatic heterocycles. The minimum atomic E-state index is -4.80. The molecule has 0 saturated carbocycles. The molecular formula is C28H20F3N3O6S. The number of Topliss-reactive ketones (excluding diaryl/α,β-unsaturated/α-hetero) is 1. The molecule has 0 N–H and O–H groups in total. The number of amides is 2. The van der Waals surface area contributed by atoms with Crippen LogP contribution in [0.15, 0.2) is 59.6 Å². The van der Waals surface area contributed by atoms with Crippen molar-refractivity contribution in [3.63, 3.8) is 0 Å². The first-order valence-corrected chi connectivity index (χ1v) is 12.8. The number of ether oxygens (including phenoxy) is 2. The third-order valence-electron chi connectivity index (χ3n) is 5.98. The molecule has 13 heteroatoms. The van der Waals surface area contributed by atoms with Crippen molar-refractivity contribution in [3.8, 4) is 11.8 Å². The van der Waals surface area contributed by atoms with Crippen molar-refractivity contribution in [1.82, 2.24) is 4.98 Å². The van der Waals surface area contributed by atoms with Gasteiger partial charge in [0.25, 0.3) is 0 Å². The van der Waals surface area contributed by atoms with E-state index in [1.54, 1.807) is 18.2 Å². The molecule has 0 radical (unpaired) electrons. The summed E-state index contributed by atoms with van der Waals surface area (Å²) in [4.78, 5) is 55.4. The Morgan fingerprint density at radius 1 is 1.12 bits per heavy atom. The van der Waals surface area contributed by atoms with Gasteiger partial charge in [0.2, 0.25) is 11.8 Å². The van der Waals surface area contributed by atoms with Crippen LogP contribution < -0.4 is 9.64 Å². The van der Waals surface area contributed by atoms with Crippen LogP contribution in [-0.4, -0.2) is 47.5 Å². The fourth-order valence-corrected chi connectivity index (χ4v) is 5.18. The quantitative estimate of drug-likeness (QED) is 0.210. The number of esters is 1. The van der Waals surface area contributed by atoms with Crippen molar-refractivity contribution in [2.24, 2.45) is 0 Å². The molecule has 1 aliphatic rings. The van der Waals surface area contributed by atoms with Gasteiger partial charge >= 0.3 is 12.1 Å². The molecule has 2 aromatic carbocycles. The molecule has 1 saturated heterocycles. The Bertz CT molecular complexity index is 1580. The van der Waals surface area contributed by atoms with Crippen molar-refractivity contribution >= 4 is 41.0 Å². The number of rotatable bonds is 8. The Morgan fingerprint density at radius 3 is 2.46 bits per heavy atom. The smallest absolute Gasteiger partial charge is 0.417 e. The van der Waals surface area contributed by atoms with Crippen LogP contribution in [0.4, 0.5) is 18.9 Å². The van der Waals surface area contributed by atoms with Gasteiger partial charge in [0.15, 0.2) is 12.4 Å². The number of hydrogen-bond acceptors (Lipinski definition) is 9. The number of nitriles is 1. The topological polar surface area (TPSA) is 127 Å². The summed E-state index contributed by atoms with van der Waals surface area (Å²) in [5.41, 5.74) is -1.42. The third-order valence-corrected chi connectivity index (χ3v) is 7.15. The van der Waals surface area contributed by atoms with Crippen molar-refractivity contribution in [2.75, 3.05) is 18.6 Å². The van der Waals surface area contributed by atoms with E-state index < -0.39 is 52.7 Å². The van der Waals surface area contributed by atoms with Crippen LogP contribution in [0.2, 0.25) is 0 Å². The summed E-state index contributed by atoms with van der Waals surface area (Å²) >= 11 is 0.615. The highest BCUT2D eigenvalue weighted by molar-refractivity contribution is 8.00. The molecule has 41 heavy (non-hydrogen) atoms. The molecule has 2 heterocycles. The minimum Gasteiger partial charge on any atom is -0.497 e. The van der Waals surface area contributed by atoms with Gasteiger partial charge in [0, 0.05) is 17.7 Å². The van der Waals surface area contributed by atoms with Gasteiger partial charge in [-0.2, -0.15) is 18.4 Å². The van der Waals surface area contributed by atoms with Gasteiger partial charge in [-0.3, -0.25) is 14.4 Å². The van der Waals surface area contributed by atoms with Crippen LogP contribution in [0.25, 0.3) is 0 Å². The summed E-state index contributed by atoms with van der Waals surface area (Å²) in [6.45, 7) is 0.805. The molecule has 0 spiro atoms. The molecule has 4 rings (SSSR count). The molecular weight excluding hydrogens is 563 g/mol. The lowest BCUT2D eigenvalue weighted by atomic mass is 10.1. The van der Waals surface area contributed by atoms with Gasteiger partial charge in [-0.1, -0.05) is 23.9 Å². The molecule has 0 aliphatic carbocycles. The van der Waals surface area contributed by atoms with E-state index >= 15 is 0 Å². The number of halogens is 3. The Morgan fingerprint density at radius 2 is 1.83 bits per heavy atom. The molecule has 0 bridgehead atoms. The molecule has 1 aromatic heterocycles. The second-order valence-electron chi connectivity index (χ2n) is 8.76. The number of aromatic nitrogens is 1. The first-order chi connectivity index (χ1) is 19.4. The standard InChI is InChI=1S/C28H20F3N3O6S/c1-15-10-21(28(29,30)31)20(13-32)25(33-15)41-23-12-24(36)34(26(23)37)18-8-6-16(7-9-18)27(38)40-14-22(35)17-4-3-5-19(11-17)39-2/h3-11,23H,12,14H2,1-2H3. The van der Waals surface area contributed by atoms with Crippen LogP contribution in [0, 0.1) is 18.3 Å². The van der Waals surface area contributed by atoms with Gasteiger partial charge in [-0.15, -0.1) is 0 Å². The van der Waals surface area contributed by atoms with Crippen LogP contribution in [0.5, 0.6) is 5.75 Å². The van der Waals surface area contributed by atoms with Gasteiger partial charge in [0.1, 0.15) is 16.8 Å². The highest BCUT2D eigenvalue weighted by atomic mass is 32.2. The third kappa shape index (κ3) is 6.38. The predicted molar refractivity (Wildman–Crippen MR) is 139 cm³/mol. The number of ketones is 1. The maximum atomic E-state index is 13.4. The Balaban J connectivity index is 1.44. The normalized spacial score (nSPS) is 15.0. The van der Waals surface area contributed by atoms with Gasteiger partial charge in [-0.25, -0.2) is 14.7 Å². The first kappa shape index (κ1) is 29.3. The number of pyridine rings is 1. The number of carbonyl (C=O) groups is 4. The van der Waals surface area contributed by atoms with Crippen LogP contribution in [0.1, 0.15) is 44.0 Å². The zero-order chi connectivity index (χ0) is 29.9. The number of methoxy groups -OCH3 is 1. The maximum absolute atomic E-state index is 13.4. The molecule has 1 unspecified atom stereocenters. The monoisotopic (exact) mass is 583 g/mol. The lowest BCUT2D eigenvalue weighted by molar-refractivity contribution is -0.138. The number of anilines is 1. The average molecular weight is 584 g/mol. The first-order valence-electron chi connectivity index (χ1n) is 11.9. The van der Waals surface area contributed by atoms with E-state index in [2.05, 4.69) is 4.98 Å². The number of imide groups is 1. The van der Waals surface area contributed by atoms with E-state index in [0.717, 1.165) is 11.0 Å². The van der Waals surface area contributed by atoms with E-state index in [1.807, 2.05) is 0 Å². The predicted octanol–water partition coefficient (Wildman–Crippen LogP) is 4.75. The molecule has 1 atom stereocenters. The minimum absolute atomic E-state index is 0.000114. The van der Waals surface area contributed by atoms with Crippen LogP contribution in [0.3, 0.4) is 0 Å². The largest absolute Gasteiger partial charge is 0.497 e. The summed E-state index contributed by atoms with van der Waals surface area (Å²) in [7, 11) is 1.45. The van der Waals surface area contributed by atoms with Crippen LogP contribution in [-0.2, 0) is 20.5 Å². The Labute approximate surface area is 235 Å². The van der Waals surface area contributed by atoms with E-state index in [-0.39, 0.29) is 28.4 Å². The van der Waals surface area contributed by atoms with Crippen molar-refractivity contribution < 1.29 is 41.8 Å². The molecule has 2 amide bonds. The zero-order valence-corrected chi connectivity index (χ0v) is 22.3. The number of carbonyl (C=O) groups excluding carboxylic acids is 4. The summed E-state index contributed by atoms with van der Waals surface area (Å²) in [6, 6.07) is 13.9. The van der Waals surface area contributed by atoms with E-state index in [0.29, 0.717) is 23.1 Å². The van der Waals surface area contributed by atoms with E-state index in [4.69, 9.17) is 9.47 Å². The summed E-state index contributed by atoms with van der Waals surface area (Å²) in [5.74, 6) is -2.11. The highest BCUT2D eigenvalue weighted by Gasteiger charge is 2.42. The van der Waals surface area contributed by atoms with Crippen LogP contribution >= 0.6 is 11.8 Å². The molecule has 210 valence electrons. The van der Waals surface area contributed by atoms with Crippen molar-refractivity contribution in [2.45, 2.75) is 29.8 Å². The number of aryl methyl sites for hydroxylation is 1. The highest BCUT2D eigenvalue weighted by Crippen LogP contribution is 2.39. The second-order valence-corrected chi connectivity index (χ2v) is 9.95. The van der Waals surface area contributed by atoms with Crippen molar-refractivity contribution in [3.05, 3.63) is 82.5 Å². The van der Waals surface area contributed by atoms with Gasteiger partial charge < -0.3 is 9.47 Å². The lowest BCUT2D eigenvalue weighted by Gasteiger charge is -2.16. The maximum Gasteiger partial charge on any atom is 0.417 e. The van der Waals surface area contributed by atoms with E-state index in [1.165, 1.54) is 50.4 Å². The second kappa shape index (κ2) is 11.8. The SMILES string of the molecule is COc1cccc(C(=O)COC(=O)c2ccc(N3C(=O)CC(Sc4nc(C)cc(C(F)(F)F)c4C#N)C3=O)cc2)c1. The van der Waals surface area contributed by atoms with Gasteiger partial charge in [-0.05, 0) is 49.4 Å². The Kier molecular flexibility index (Phi) is 8.44. The molecule has 1 fully saturated rings. The summed E-state index contributed by atoms with van der Waals surface area (Å²) < 4.78 is 50.5. The Hall–Kier alpha value is -4.70. The fraction of sp³-hybridized carbons (Fsp3) is 0.214. The fourth-order valence-electron chi connectivity index (χ4n) is 4.00. The number of benzene rings is 2. The van der Waals surface area contributed by atoms with Gasteiger partial charge in [0.05, 0.1) is 34.7 Å². The lowest BCUT2D eigenvalue weighted by Crippen LogP contribution is -2.31. The number of nitrogens with zero attached hydrogens (tertiary/aromatic N) is 3. The number of hydrogen-bond donors (Lipinski definition) is 0. The summed E-state index contributed by atoms with van der Waals surface area (Å²) in [5, 5.41) is 7.96. The average Bonchev–Trinajstić information content (AvgIpc) is 3.22. The number of alkyl halides is 3. The number of thioether (sulfide) groups is 1. The zero-order valence-electron chi connectivity index (χ0n) is 21.5. The summed E-state index contributed by atoms with van der Waals surface area (Å²) in [6.07, 6.45) is -5.14. The molecule has 3 aromatic rings. The molecule has 9 nitrogen and oxygen atoms in total.